The van der Waals surface area contributed by atoms with Gasteiger partial charge in [-0.2, -0.15) is 0 Å². The molecule has 0 atom stereocenters. The number of carbonyl (C=O) groups is 2. The number of pyridine rings is 1. The van der Waals surface area contributed by atoms with Gasteiger partial charge in [0.05, 0.1) is 17.8 Å². The third-order valence-electron chi connectivity index (χ3n) is 4.44. The summed E-state index contributed by atoms with van der Waals surface area (Å²) in [4.78, 5) is 31.8. The number of hydrogen-bond donors (Lipinski definition) is 1. The first kappa shape index (κ1) is 19.4. The van der Waals surface area contributed by atoms with Crippen LogP contribution in [-0.2, 0) is 16.1 Å². The summed E-state index contributed by atoms with van der Waals surface area (Å²) in [5.74, 6) is -0.772. The van der Waals surface area contributed by atoms with Crippen LogP contribution in [0.25, 0.3) is 5.57 Å². The van der Waals surface area contributed by atoms with E-state index in [-0.39, 0.29) is 18.1 Å². The highest BCUT2D eigenvalue weighted by atomic mass is 79.9. The van der Waals surface area contributed by atoms with E-state index in [0.717, 1.165) is 4.47 Å². The van der Waals surface area contributed by atoms with Crippen molar-refractivity contribution < 1.29 is 9.59 Å². The van der Waals surface area contributed by atoms with Gasteiger partial charge >= 0.3 is 0 Å². The number of nitrogens with zero attached hydrogens (tertiary/aromatic N) is 2. The lowest BCUT2D eigenvalue weighted by molar-refractivity contribution is -0.137. The Bertz CT molecular complexity index is 1110. The second-order valence-electron chi connectivity index (χ2n) is 6.41. The van der Waals surface area contributed by atoms with Gasteiger partial charge in [-0.1, -0.05) is 51.8 Å². The molecule has 2 amide bonds. The molecule has 0 spiro atoms. The van der Waals surface area contributed by atoms with Crippen molar-refractivity contribution in [2.45, 2.75) is 6.54 Å². The largest absolute Gasteiger partial charge is 0.350 e. The molecule has 1 aromatic heterocycles. The fourth-order valence-electron chi connectivity index (χ4n) is 3.08. The molecule has 0 bridgehead atoms. The summed E-state index contributed by atoms with van der Waals surface area (Å²) in [5.41, 5.74) is 2.48. The normalized spacial score (nSPS) is 13.9. The van der Waals surface area contributed by atoms with Crippen molar-refractivity contribution in [3.05, 3.63) is 99.4 Å². The highest BCUT2D eigenvalue weighted by Gasteiger charge is 2.39. The van der Waals surface area contributed by atoms with E-state index in [1.165, 1.54) is 4.90 Å². The molecule has 1 aliphatic heterocycles. The van der Waals surface area contributed by atoms with Crippen LogP contribution in [-0.4, -0.2) is 21.7 Å². The van der Waals surface area contributed by atoms with Crippen molar-refractivity contribution in [1.82, 2.24) is 9.88 Å². The summed E-state index contributed by atoms with van der Waals surface area (Å²) in [6, 6.07) is 19.6. The predicted molar refractivity (Wildman–Crippen MR) is 116 cm³/mol. The van der Waals surface area contributed by atoms with Crippen LogP contribution in [0.1, 0.15) is 11.3 Å². The minimum atomic E-state index is -0.398. The average molecular weight is 469 g/mol. The Balaban J connectivity index is 1.75. The van der Waals surface area contributed by atoms with Crippen LogP contribution in [0.15, 0.2) is 83.1 Å². The third kappa shape index (κ3) is 4.09. The first-order chi connectivity index (χ1) is 14.0. The number of aromatic nitrogens is 1. The number of imide groups is 1. The number of hydrogen-bond acceptors (Lipinski definition) is 4. The van der Waals surface area contributed by atoms with E-state index in [4.69, 9.17) is 11.6 Å². The summed E-state index contributed by atoms with van der Waals surface area (Å²) in [6.07, 6.45) is 1.63. The number of amides is 2. The van der Waals surface area contributed by atoms with Crippen LogP contribution in [0.5, 0.6) is 0 Å². The molecule has 4 rings (SSSR count). The summed E-state index contributed by atoms with van der Waals surface area (Å²) in [5, 5.41) is 3.68. The van der Waals surface area contributed by atoms with E-state index in [1.807, 2.05) is 30.3 Å². The standard InChI is InChI=1S/C22H15BrClN3O2/c23-15-4-3-6-17(12-15)26-20-19(14-7-9-16(24)10-8-14)21(28)27(22(20)29)13-18-5-1-2-11-25-18/h1-12,26H,13H2. The zero-order valence-corrected chi connectivity index (χ0v) is 17.4. The summed E-state index contributed by atoms with van der Waals surface area (Å²) in [6.45, 7) is 0.0965. The molecule has 1 aliphatic rings. The smallest absolute Gasteiger partial charge is 0.278 e. The minimum absolute atomic E-state index is 0.0965. The molecule has 5 nitrogen and oxygen atoms in total. The first-order valence-corrected chi connectivity index (χ1v) is 9.99. The van der Waals surface area contributed by atoms with Gasteiger partial charge in [-0.3, -0.25) is 19.5 Å². The molecule has 1 N–H and O–H groups in total. The van der Waals surface area contributed by atoms with Gasteiger partial charge in [-0.05, 0) is 48.0 Å². The fraction of sp³-hybridized carbons (Fsp3) is 0.0455. The molecule has 3 aromatic rings. The molecule has 7 heteroatoms. The Morgan fingerprint density at radius 2 is 1.76 bits per heavy atom. The summed E-state index contributed by atoms with van der Waals surface area (Å²) in [7, 11) is 0. The molecule has 0 saturated heterocycles. The third-order valence-corrected chi connectivity index (χ3v) is 5.19. The second-order valence-corrected chi connectivity index (χ2v) is 7.76. The topological polar surface area (TPSA) is 62.3 Å². The number of nitrogens with one attached hydrogen (secondary N) is 1. The average Bonchev–Trinajstić information content (AvgIpc) is 2.94. The lowest BCUT2D eigenvalue weighted by atomic mass is 10.0. The van der Waals surface area contributed by atoms with Gasteiger partial charge < -0.3 is 5.32 Å². The van der Waals surface area contributed by atoms with Crippen LogP contribution in [0.2, 0.25) is 5.02 Å². The van der Waals surface area contributed by atoms with Crippen LogP contribution in [0, 0.1) is 0 Å². The Labute approximate surface area is 181 Å². The van der Waals surface area contributed by atoms with Crippen LogP contribution in [0.3, 0.4) is 0 Å². The van der Waals surface area contributed by atoms with E-state index in [1.54, 1.807) is 42.6 Å². The highest BCUT2D eigenvalue weighted by Crippen LogP contribution is 2.32. The Kier molecular flexibility index (Phi) is 5.47. The number of halogens is 2. The molecule has 0 unspecified atom stereocenters. The molecule has 2 aromatic carbocycles. The van der Waals surface area contributed by atoms with E-state index in [0.29, 0.717) is 27.5 Å². The van der Waals surface area contributed by atoms with Crippen LogP contribution < -0.4 is 5.32 Å². The lowest BCUT2D eigenvalue weighted by Gasteiger charge is -2.14. The summed E-state index contributed by atoms with van der Waals surface area (Å²) < 4.78 is 0.859. The molecule has 2 heterocycles. The quantitative estimate of drug-likeness (QED) is 0.542. The maximum atomic E-state index is 13.2. The van der Waals surface area contributed by atoms with Crippen molar-refractivity contribution in [3.8, 4) is 0 Å². The maximum absolute atomic E-state index is 13.2. The molecular weight excluding hydrogens is 454 g/mol. The lowest BCUT2D eigenvalue weighted by Crippen LogP contribution is -2.32. The zero-order chi connectivity index (χ0) is 20.4. The van der Waals surface area contributed by atoms with Gasteiger partial charge in [-0.25, -0.2) is 0 Å². The number of benzene rings is 2. The maximum Gasteiger partial charge on any atom is 0.278 e. The molecule has 144 valence electrons. The van der Waals surface area contributed by atoms with Gasteiger partial charge in [0, 0.05) is 21.4 Å². The van der Waals surface area contributed by atoms with E-state index >= 15 is 0 Å². The van der Waals surface area contributed by atoms with Gasteiger partial charge in [0.1, 0.15) is 5.70 Å². The number of carbonyl (C=O) groups excluding carboxylic acids is 2. The van der Waals surface area contributed by atoms with E-state index in [2.05, 4.69) is 26.2 Å². The van der Waals surface area contributed by atoms with Gasteiger partial charge in [0.15, 0.2) is 0 Å². The molecule has 0 saturated carbocycles. The molecule has 0 fully saturated rings. The van der Waals surface area contributed by atoms with Crippen molar-refractivity contribution in [2.24, 2.45) is 0 Å². The first-order valence-electron chi connectivity index (χ1n) is 8.82. The fourth-order valence-corrected chi connectivity index (χ4v) is 3.61. The molecular formula is C22H15BrClN3O2. The van der Waals surface area contributed by atoms with Crippen LogP contribution in [0.4, 0.5) is 5.69 Å². The molecule has 0 radical (unpaired) electrons. The van der Waals surface area contributed by atoms with E-state index < -0.39 is 5.91 Å². The minimum Gasteiger partial charge on any atom is -0.350 e. The highest BCUT2D eigenvalue weighted by molar-refractivity contribution is 9.10. The Morgan fingerprint density at radius 1 is 0.966 bits per heavy atom. The predicted octanol–water partition coefficient (Wildman–Crippen LogP) is 4.89. The van der Waals surface area contributed by atoms with Crippen molar-refractivity contribution in [2.75, 3.05) is 5.32 Å². The van der Waals surface area contributed by atoms with Gasteiger partial charge in [-0.15, -0.1) is 0 Å². The van der Waals surface area contributed by atoms with Gasteiger partial charge in [0.2, 0.25) is 0 Å². The number of rotatable bonds is 5. The Morgan fingerprint density at radius 3 is 2.45 bits per heavy atom. The molecule has 0 aliphatic carbocycles. The van der Waals surface area contributed by atoms with Gasteiger partial charge in [0.25, 0.3) is 11.8 Å². The summed E-state index contributed by atoms with van der Waals surface area (Å²) >= 11 is 9.42. The monoisotopic (exact) mass is 467 g/mol. The van der Waals surface area contributed by atoms with Crippen molar-refractivity contribution in [1.29, 1.82) is 0 Å². The van der Waals surface area contributed by atoms with Crippen molar-refractivity contribution in [3.63, 3.8) is 0 Å². The second kappa shape index (κ2) is 8.19. The zero-order valence-electron chi connectivity index (χ0n) is 15.1. The molecule has 29 heavy (non-hydrogen) atoms. The Hall–Kier alpha value is -2.96. The van der Waals surface area contributed by atoms with Crippen LogP contribution >= 0.6 is 27.5 Å². The number of anilines is 1. The SMILES string of the molecule is O=C1C(Nc2cccc(Br)c2)=C(c2ccc(Cl)cc2)C(=O)N1Cc1ccccn1. The van der Waals surface area contributed by atoms with E-state index in [9.17, 15) is 9.59 Å². The van der Waals surface area contributed by atoms with Crippen molar-refractivity contribution >= 4 is 50.6 Å².